The maximum Gasteiger partial charge on any atom is 0.410 e. The standard InChI is InChI=1S/C30H34N4O4S/c1-33(24-11-6-3-7-12-24)28(36)23-16-14-22(15-17-23)25-20-39-29(31-25)32-27(35)26-13-8-18-34(26)30(37)38-19-21-9-4-2-5-10-21/h2,4-5,9-10,14-17,20,24,26H,3,6-8,11-13,18-19H2,1H3,(H,31,32,35)/t26-/m0/s1. The van der Waals surface area contributed by atoms with Crippen LogP contribution in [0.25, 0.3) is 11.3 Å². The Bertz CT molecular complexity index is 1290. The van der Waals surface area contributed by atoms with Gasteiger partial charge in [0.2, 0.25) is 5.91 Å². The predicted molar refractivity (Wildman–Crippen MR) is 152 cm³/mol. The normalized spacial score (nSPS) is 17.6. The Morgan fingerprint density at radius 3 is 2.49 bits per heavy atom. The van der Waals surface area contributed by atoms with Crippen LogP contribution < -0.4 is 5.32 Å². The molecule has 3 amide bonds. The molecule has 1 saturated carbocycles. The van der Waals surface area contributed by atoms with Gasteiger partial charge in [-0.05, 0) is 43.4 Å². The summed E-state index contributed by atoms with van der Waals surface area (Å²) in [5.74, 6) is -0.222. The van der Waals surface area contributed by atoms with Gasteiger partial charge in [-0.2, -0.15) is 0 Å². The molecule has 0 unspecified atom stereocenters. The largest absolute Gasteiger partial charge is 0.445 e. The Hall–Kier alpha value is -3.72. The third-order valence-electron chi connectivity index (χ3n) is 7.60. The minimum Gasteiger partial charge on any atom is -0.445 e. The third-order valence-corrected chi connectivity index (χ3v) is 8.36. The summed E-state index contributed by atoms with van der Waals surface area (Å²) >= 11 is 1.33. The van der Waals surface area contributed by atoms with Gasteiger partial charge in [-0.1, -0.05) is 61.7 Å². The SMILES string of the molecule is CN(C(=O)c1ccc(-c2csc(NC(=O)[C@@H]3CCCN3C(=O)OCc3ccccc3)n2)cc1)C1CCCCC1. The smallest absolute Gasteiger partial charge is 0.410 e. The molecule has 39 heavy (non-hydrogen) atoms. The number of benzene rings is 2. The zero-order valence-corrected chi connectivity index (χ0v) is 23.0. The predicted octanol–water partition coefficient (Wildman–Crippen LogP) is 5.95. The number of carbonyl (C=O) groups excluding carboxylic acids is 3. The lowest BCUT2D eigenvalue weighted by Crippen LogP contribution is -2.43. The van der Waals surface area contributed by atoms with Gasteiger partial charge in [-0.15, -0.1) is 11.3 Å². The highest BCUT2D eigenvalue weighted by molar-refractivity contribution is 7.14. The quantitative estimate of drug-likeness (QED) is 0.395. The molecule has 1 aliphatic carbocycles. The molecule has 2 heterocycles. The van der Waals surface area contributed by atoms with Crippen molar-refractivity contribution in [1.82, 2.24) is 14.8 Å². The summed E-state index contributed by atoms with van der Waals surface area (Å²) in [5.41, 5.74) is 3.15. The van der Waals surface area contributed by atoms with Gasteiger partial charge in [0.1, 0.15) is 12.6 Å². The summed E-state index contributed by atoms with van der Waals surface area (Å²) in [6.45, 7) is 0.650. The maximum absolute atomic E-state index is 13.0. The van der Waals surface area contributed by atoms with Gasteiger partial charge in [0.15, 0.2) is 5.13 Å². The van der Waals surface area contributed by atoms with Crippen molar-refractivity contribution >= 4 is 34.4 Å². The number of hydrogen-bond donors (Lipinski definition) is 1. The second-order valence-corrected chi connectivity index (χ2v) is 11.1. The Morgan fingerprint density at radius 2 is 1.74 bits per heavy atom. The van der Waals surface area contributed by atoms with E-state index >= 15 is 0 Å². The van der Waals surface area contributed by atoms with E-state index in [0.717, 1.165) is 36.1 Å². The third kappa shape index (κ3) is 6.47. The van der Waals surface area contributed by atoms with Crippen molar-refractivity contribution in [2.24, 2.45) is 0 Å². The number of nitrogens with one attached hydrogen (secondary N) is 1. The van der Waals surface area contributed by atoms with Crippen molar-refractivity contribution in [1.29, 1.82) is 0 Å². The molecule has 9 heteroatoms. The topological polar surface area (TPSA) is 91.8 Å². The monoisotopic (exact) mass is 546 g/mol. The highest BCUT2D eigenvalue weighted by atomic mass is 32.1. The van der Waals surface area contributed by atoms with Crippen LogP contribution in [-0.4, -0.2) is 58.4 Å². The lowest BCUT2D eigenvalue weighted by molar-refractivity contribution is -0.120. The van der Waals surface area contributed by atoms with E-state index in [1.54, 1.807) is 0 Å². The van der Waals surface area contributed by atoms with Crippen LogP contribution in [0.5, 0.6) is 0 Å². The van der Waals surface area contributed by atoms with Gasteiger partial charge in [-0.25, -0.2) is 9.78 Å². The van der Waals surface area contributed by atoms with Crippen LogP contribution in [0.3, 0.4) is 0 Å². The van der Waals surface area contributed by atoms with E-state index in [9.17, 15) is 14.4 Å². The fraction of sp³-hybridized carbons (Fsp3) is 0.400. The second-order valence-electron chi connectivity index (χ2n) is 10.2. The fourth-order valence-corrected chi connectivity index (χ4v) is 6.06. The molecule has 3 aromatic rings. The summed E-state index contributed by atoms with van der Waals surface area (Å²) in [6.07, 6.45) is 6.59. The van der Waals surface area contributed by atoms with Gasteiger partial charge in [0.25, 0.3) is 5.91 Å². The van der Waals surface area contributed by atoms with Crippen molar-refractivity contribution in [3.63, 3.8) is 0 Å². The molecule has 2 aromatic carbocycles. The minimum atomic E-state index is -0.591. The molecule has 1 aliphatic heterocycles. The van der Waals surface area contributed by atoms with Gasteiger partial charge in [-0.3, -0.25) is 14.5 Å². The second kappa shape index (κ2) is 12.4. The molecule has 5 rings (SSSR count). The summed E-state index contributed by atoms with van der Waals surface area (Å²) in [5, 5.41) is 5.22. The van der Waals surface area contributed by atoms with E-state index in [4.69, 9.17) is 4.74 Å². The fourth-order valence-electron chi connectivity index (χ4n) is 5.33. The van der Waals surface area contributed by atoms with Crippen LogP contribution in [-0.2, 0) is 16.1 Å². The number of thiazole rings is 1. The molecule has 8 nitrogen and oxygen atoms in total. The van der Waals surface area contributed by atoms with Crippen LogP contribution in [0.4, 0.5) is 9.93 Å². The van der Waals surface area contributed by atoms with Gasteiger partial charge in [0, 0.05) is 36.1 Å². The first kappa shape index (κ1) is 26.9. The van der Waals surface area contributed by atoms with Crippen LogP contribution in [0.2, 0.25) is 0 Å². The average Bonchev–Trinajstić information content (AvgIpc) is 3.67. The first-order valence-electron chi connectivity index (χ1n) is 13.6. The Morgan fingerprint density at radius 1 is 1.00 bits per heavy atom. The highest BCUT2D eigenvalue weighted by Crippen LogP contribution is 2.28. The van der Waals surface area contributed by atoms with Gasteiger partial charge in [0.05, 0.1) is 5.69 Å². The van der Waals surface area contributed by atoms with Crippen LogP contribution in [0.15, 0.2) is 60.0 Å². The summed E-state index contributed by atoms with van der Waals surface area (Å²) < 4.78 is 5.45. The van der Waals surface area contributed by atoms with Crippen molar-refractivity contribution < 1.29 is 19.1 Å². The van der Waals surface area contributed by atoms with Crippen LogP contribution >= 0.6 is 11.3 Å². The first-order chi connectivity index (χ1) is 19.0. The van der Waals surface area contributed by atoms with Crippen LogP contribution in [0.1, 0.15) is 60.9 Å². The van der Waals surface area contributed by atoms with Crippen molar-refractivity contribution in [3.8, 4) is 11.3 Å². The number of likely N-dealkylation sites (tertiary alicyclic amines) is 1. The average molecular weight is 547 g/mol. The summed E-state index contributed by atoms with van der Waals surface area (Å²) in [7, 11) is 1.90. The first-order valence-corrected chi connectivity index (χ1v) is 14.5. The van der Waals surface area contributed by atoms with Gasteiger partial charge < -0.3 is 15.0 Å². The van der Waals surface area contributed by atoms with E-state index in [-0.39, 0.29) is 18.4 Å². The number of amides is 3. The molecule has 1 atom stereocenters. The molecule has 0 radical (unpaired) electrons. The number of ether oxygens (including phenoxy) is 1. The van der Waals surface area contributed by atoms with E-state index in [1.807, 2.05) is 71.9 Å². The van der Waals surface area contributed by atoms with E-state index < -0.39 is 12.1 Å². The van der Waals surface area contributed by atoms with Gasteiger partial charge >= 0.3 is 6.09 Å². The minimum absolute atomic E-state index is 0.0445. The Labute approximate surface area is 233 Å². The highest BCUT2D eigenvalue weighted by Gasteiger charge is 2.35. The number of carbonyl (C=O) groups is 3. The molecular formula is C30H34N4O4S. The van der Waals surface area contributed by atoms with Crippen molar-refractivity contribution in [2.45, 2.75) is 63.6 Å². The molecule has 2 aliphatic rings. The zero-order chi connectivity index (χ0) is 27.2. The number of aromatic nitrogens is 1. The van der Waals surface area contributed by atoms with Crippen molar-refractivity contribution in [3.05, 3.63) is 71.1 Å². The van der Waals surface area contributed by atoms with E-state index in [0.29, 0.717) is 29.7 Å². The number of anilines is 1. The molecule has 1 N–H and O–H groups in total. The van der Waals surface area contributed by atoms with Crippen LogP contribution in [0, 0.1) is 0 Å². The lowest BCUT2D eigenvalue weighted by Gasteiger charge is -2.31. The van der Waals surface area contributed by atoms with E-state index in [1.165, 1.54) is 35.5 Å². The molecule has 0 spiro atoms. The lowest BCUT2D eigenvalue weighted by atomic mass is 9.94. The molecular weight excluding hydrogens is 512 g/mol. The Balaban J connectivity index is 1.17. The number of rotatable bonds is 7. The van der Waals surface area contributed by atoms with E-state index in [2.05, 4.69) is 10.3 Å². The molecule has 1 aromatic heterocycles. The number of nitrogens with zero attached hydrogens (tertiary/aromatic N) is 3. The molecule has 1 saturated heterocycles. The zero-order valence-electron chi connectivity index (χ0n) is 22.2. The summed E-state index contributed by atoms with van der Waals surface area (Å²) in [4.78, 5) is 46.6. The Kier molecular flexibility index (Phi) is 8.56. The molecule has 2 fully saturated rings. The maximum atomic E-state index is 13.0. The summed E-state index contributed by atoms with van der Waals surface area (Å²) in [6, 6.07) is 16.7. The molecule has 0 bridgehead atoms. The number of hydrogen-bond acceptors (Lipinski definition) is 6. The molecule has 204 valence electrons. The van der Waals surface area contributed by atoms with Crippen molar-refractivity contribution in [2.75, 3.05) is 18.9 Å².